The van der Waals surface area contributed by atoms with E-state index in [1.54, 1.807) is 30.3 Å². The topological polar surface area (TPSA) is 83.7 Å². The quantitative estimate of drug-likeness (QED) is 0.177. The van der Waals surface area contributed by atoms with E-state index in [0.29, 0.717) is 50.2 Å². The van der Waals surface area contributed by atoms with E-state index in [-0.39, 0.29) is 6.61 Å². The molecular formula is C30H22Cl2N2O5. The summed E-state index contributed by atoms with van der Waals surface area (Å²) in [4.78, 5) is 15.9. The van der Waals surface area contributed by atoms with Gasteiger partial charge in [-0.2, -0.15) is 0 Å². The molecule has 5 aromatic rings. The van der Waals surface area contributed by atoms with Crippen LogP contribution in [0.1, 0.15) is 40.4 Å². The molecule has 2 heterocycles. The maximum Gasteiger partial charge on any atom is 0.339 e. The first kappa shape index (κ1) is 25.2. The standard InChI is InChI=1S/C30H22Cl2N2O5/c1-36-30(35)19-10-13-26(33-15-19)38-25-7-2-4-18-14-20(11-12-21(18)25)37-16-22-28(34-39-29(22)17-8-9-17)27-23(31)5-3-6-24(27)32/h2-7,10-15,17H,8-9,16H2,1H3. The fraction of sp³-hybridized carbons (Fsp3) is 0.167. The molecule has 0 N–H and O–H groups in total. The van der Waals surface area contributed by atoms with Crippen LogP contribution in [0.5, 0.6) is 17.4 Å². The van der Waals surface area contributed by atoms with Gasteiger partial charge >= 0.3 is 5.97 Å². The van der Waals surface area contributed by atoms with Gasteiger partial charge < -0.3 is 18.7 Å². The van der Waals surface area contributed by atoms with E-state index < -0.39 is 5.97 Å². The molecule has 1 aliphatic carbocycles. The molecule has 9 heteroatoms. The molecule has 0 unspecified atom stereocenters. The first-order valence-corrected chi connectivity index (χ1v) is 13.1. The van der Waals surface area contributed by atoms with Crippen LogP contribution in [0.3, 0.4) is 0 Å². The molecule has 0 aliphatic heterocycles. The summed E-state index contributed by atoms with van der Waals surface area (Å²) < 4.78 is 22.7. The van der Waals surface area contributed by atoms with Crippen LogP contribution in [0, 0.1) is 0 Å². The predicted octanol–water partition coefficient (Wildman–Crippen LogP) is 8.23. The van der Waals surface area contributed by atoms with Gasteiger partial charge in [0.15, 0.2) is 0 Å². The summed E-state index contributed by atoms with van der Waals surface area (Å²) in [6, 6.07) is 20.1. The number of aromatic nitrogens is 2. The average Bonchev–Trinajstić information content (AvgIpc) is 3.72. The Morgan fingerprint density at radius 2 is 1.82 bits per heavy atom. The molecule has 1 saturated carbocycles. The summed E-state index contributed by atoms with van der Waals surface area (Å²) in [6.07, 6.45) is 3.52. The van der Waals surface area contributed by atoms with E-state index in [2.05, 4.69) is 10.1 Å². The Morgan fingerprint density at radius 1 is 1.03 bits per heavy atom. The second kappa shape index (κ2) is 10.6. The van der Waals surface area contributed by atoms with Crippen LogP contribution < -0.4 is 9.47 Å². The van der Waals surface area contributed by atoms with Crippen molar-refractivity contribution in [3.05, 3.63) is 99.9 Å². The lowest BCUT2D eigenvalue weighted by atomic mass is 10.0. The van der Waals surface area contributed by atoms with Gasteiger partial charge in [0.25, 0.3) is 0 Å². The van der Waals surface area contributed by atoms with Gasteiger partial charge in [0.05, 0.1) is 28.3 Å². The Morgan fingerprint density at radius 3 is 2.54 bits per heavy atom. The molecule has 1 fully saturated rings. The molecule has 0 spiro atoms. The largest absolute Gasteiger partial charge is 0.489 e. The van der Waals surface area contributed by atoms with Crippen LogP contribution in [-0.2, 0) is 11.3 Å². The predicted molar refractivity (Wildman–Crippen MR) is 148 cm³/mol. The molecule has 0 radical (unpaired) electrons. The van der Waals surface area contributed by atoms with Crippen molar-refractivity contribution in [1.82, 2.24) is 10.1 Å². The number of ether oxygens (including phenoxy) is 3. The highest BCUT2D eigenvalue weighted by molar-refractivity contribution is 6.39. The Bertz CT molecular complexity index is 1660. The van der Waals surface area contributed by atoms with Crippen LogP contribution in [0.4, 0.5) is 0 Å². The first-order chi connectivity index (χ1) is 19.0. The van der Waals surface area contributed by atoms with Crippen LogP contribution in [0.25, 0.3) is 22.0 Å². The number of hydrogen-bond acceptors (Lipinski definition) is 7. The molecule has 0 amide bonds. The van der Waals surface area contributed by atoms with E-state index in [4.69, 9.17) is 41.9 Å². The van der Waals surface area contributed by atoms with E-state index in [9.17, 15) is 4.79 Å². The van der Waals surface area contributed by atoms with Crippen molar-refractivity contribution in [3.8, 4) is 28.6 Å². The van der Waals surface area contributed by atoms with Crippen LogP contribution >= 0.6 is 23.2 Å². The smallest absolute Gasteiger partial charge is 0.339 e. The lowest BCUT2D eigenvalue weighted by Crippen LogP contribution is -2.01. The van der Waals surface area contributed by atoms with Gasteiger partial charge in [0, 0.05) is 29.1 Å². The van der Waals surface area contributed by atoms with E-state index in [1.165, 1.54) is 13.3 Å². The lowest BCUT2D eigenvalue weighted by Gasteiger charge is -2.12. The molecule has 2 aromatic heterocycles. The van der Waals surface area contributed by atoms with Gasteiger partial charge in [-0.25, -0.2) is 9.78 Å². The van der Waals surface area contributed by atoms with Crippen molar-refractivity contribution in [2.45, 2.75) is 25.4 Å². The second-order valence-electron chi connectivity index (χ2n) is 9.15. The van der Waals surface area contributed by atoms with Crippen molar-refractivity contribution < 1.29 is 23.5 Å². The van der Waals surface area contributed by atoms with Crippen molar-refractivity contribution in [1.29, 1.82) is 0 Å². The number of benzene rings is 3. The van der Waals surface area contributed by atoms with Gasteiger partial charge in [-0.1, -0.05) is 46.6 Å². The highest BCUT2D eigenvalue weighted by atomic mass is 35.5. The van der Waals surface area contributed by atoms with Gasteiger partial charge in [-0.3, -0.25) is 0 Å². The van der Waals surface area contributed by atoms with Gasteiger partial charge in [-0.15, -0.1) is 0 Å². The van der Waals surface area contributed by atoms with Gasteiger partial charge in [0.1, 0.15) is 29.6 Å². The minimum atomic E-state index is -0.454. The molecule has 0 saturated heterocycles. The van der Waals surface area contributed by atoms with Crippen molar-refractivity contribution in [2.75, 3.05) is 7.11 Å². The summed E-state index contributed by atoms with van der Waals surface area (Å²) in [6.45, 7) is 0.254. The number of hydrogen-bond donors (Lipinski definition) is 0. The molecule has 7 nitrogen and oxygen atoms in total. The molecule has 39 heavy (non-hydrogen) atoms. The molecule has 0 bridgehead atoms. The monoisotopic (exact) mass is 560 g/mol. The maximum absolute atomic E-state index is 11.7. The fourth-order valence-electron chi connectivity index (χ4n) is 4.41. The number of methoxy groups -OCH3 is 1. The average molecular weight is 561 g/mol. The first-order valence-electron chi connectivity index (χ1n) is 12.3. The number of esters is 1. The number of pyridine rings is 1. The van der Waals surface area contributed by atoms with E-state index in [0.717, 1.165) is 34.9 Å². The Kier molecular flexibility index (Phi) is 6.85. The summed E-state index contributed by atoms with van der Waals surface area (Å²) in [5.41, 5.74) is 2.45. The maximum atomic E-state index is 11.7. The molecule has 196 valence electrons. The second-order valence-corrected chi connectivity index (χ2v) is 9.97. The molecular weight excluding hydrogens is 539 g/mol. The van der Waals surface area contributed by atoms with E-state index >= 15 is 0 Å². The zero-order valence-corrected chi connectivity index (χ0v) is 22.3. The summed E-state index contributed by atoms with van der Waals surface area (Å²) in [5.74, 6) is 2.37. The minimum absolute atomic E-state index is 0.254. The van der Waals surface area contributed by atoms with Gasteiger partial charge in [0.2, 0.25) is 5.88 Å². The summed E-state index contributed by atoms with van der Waals surface area (Å²) in [7, 11) is 1.33. The Labute approximate surface area is 234 Å². The number of halogens is 2. The molecule has 1 aliphatic rings. The third kappa shape index (κ3) is 5.15. The highest BCUT2D eigenvalue weighted by Crippen LogP contribution is 2.46. The number of nitrogens with zero attached hydrogens (tertiary/aromatic N) is 2. The Hall–Kier alpha value is -4.07. The zero-order valence-electron chi connectivity index (χ0n) is 20.8. The van der Waals surface area contributed by atoms with Crippen LogP contribution in [-0.4, -0.2) is 23.2 Å². The SMILES string of the molecule is COC(=O)c1ccc(Oc2cccc3cc(OCc4c(-c5c(Cl)cccc5Cl)noc4C4CC4)ccc23)nc1. The normalized spacial score (nSPS) is 12.9. The van der Waals surface area contributed by atoms with Crippen molar-refractivity contribution in [3.63, 3.8) is 0 Å². The number of rotatable bonds is 8. The zero-order chi connectivity index (χ0) is 26.9. The number of carbonyl (C=O) groups excluding carboxylic acids is 1. The van der Waals surface area contributed by atoms with Gasteiger partial charge in [-0.05, 0) is 60.7 Å². The minimum Gasteiger partial charge on any atom is -0.489 e. The third-order valence-electron chi connectivity index (χ3n) is 6.53. The lowest BCUT2D eigenvalue weighted by molar-refractivity contribution is 0.0600. The Balaban J connectivity index is 1.25. The van der Waals surface area contributed by atoms with Crippen LogP contribution in [0.15, 0.2) is 77.4 Å². The highest BCUT2D eigenvalue weighted by Gasteiger charge is 2.33. The number of carbonyl (C=O) groups is 1. The van der Waals surface area contributed by atoms with Crippen molar-refractivity contribution >= 4 is 39.9 Å². The third-order valence-corrected chi connectivity index (χ3v) is 7.16. The number of fused-ring (bicyclic) bond motifs is 1. The fourth-order valence-corrected chi connectivity index (χ4v) is 4.98. The molecule has 6 rings (SSSR count). The summed E-state index contributed by atoms with van der Waals surface area (Å²) >= 11 is 13.0. The molecule has 0 atom stereocenters. The van der Waals surface area contributed by atoms with Crippen molar-refractivity contribution in [2.24, 2.45) is 0 Å². The van der Waals surface area contributed by atoms with Crippen LogP contribution in [0.2, 0.25) is 10.0 Å². The van der Waals surface area contributed by atoms with E-state index in [1.807, 2.05) is 36.4 Å². The summed E-state index contributed by atoms with van der Waals surface area (Å²) in [5, 5.41) is 7.16. The molecule has 3 aromatic carbocycles.